The van der Waals surface area contributed by atoms with Gasteiger partial charge in [-0.3, -0.25) is 9.59 Å². The van der Waals surface area contributed by atoms with Gasteiger partial charge in [0.05, 0.1) is 31.9 Å². The highest BCUT2D eigenvalue weighted by Gasteiger charge is 2.23. The van der Waals surface area contributed by atoms with Crippen LogP contribution in [0.2, 0.25) is 0 Å². The zero-order valence-electron chi connectivity index (χ0n) is 19.6. The number of amides is 1. The summed E-state index contributed by atoms with van der Waals surface area (Å²) in [5, 5.41) is 9.49. The molecule has 9 nitrogen and oxygen atoms in total. The highest BCUT2D eigenvalue weighted by atomic mass is 32.1. The van der Waals surface area contributed by atoms with Gasteiger partial charge >= 0.3 is 5.97 Å². The van der Waals surface area contributed by atoms with E-state index in [0.717, 1.165) is 21.6 Å². The number of nitrogens with zero attached hydrogens (tertiary/aromatic N) is 2. The van der Waals surface area contributed by atoms with Crippen molar-refractivity contribution in [2.75, 3.05) is 26.1 Å². The third-order valence-corrected chi connectivity index (χ3v) is 6.14. The largest absolute Gasteiger partial charge is 0.493 e. The van der Waals surface area contributed by atoms with Crippen molar-refractivity contribution < 1.29 is 23.8 Å². The summed E-state index contributed by atoms with van der Waals surface area (Å²) in [7, 11) is 2.98. The predicted molar refractivity (Wildman–Crippen MR) is 133 cm³/mol. The van der Waals surface area contributed by atoms with Crippen LogP contribution in [0.15, 0.2) is 52.6 Å². The molecule has 0 fully saturated rings. The van der Waals surface area contributed by atoms with Gasteiger partial charge in [-0.1, -0.05) is 12.1 Å². The topological polar surface area (TPSA) is 109 Å². The average molecular weight is 494 g/mol. The maximum atomic E-state index is 13.5. The van der Waals surface area contributed by atoms with Gasteiger partial charge in [-0.25, -0.2) is 4.79 Å². The first kappa shape index (κ1) is 24.0. The molecule has 2 aromatic heterocycles. The summed E-state index contributed by atoms with van der Waals surface area (Å²) >= 11 is 1.13. The van der Waals surface area contributed by atoms with Gasteiger partial charge in [-0.2, -0.15) is 9.78 Å². The number of rotatable bonds is 7. The van der Waals surface area contributed by atoms with E-state index in [2.05, 4.69) is 10.4 Å². The van der Waals surface area contributed by atoms with E-state index in [1.165, 1.54) is 14.2 Å². The van der Waals surface area contributed by atoms with Crippen molar-refractivity contribution in [2.24, 2.45) is 0 Å². The van der Waals surface area contributed by atoms with E-state index >= 15 is 0 Å². The number of methoxy groups -OCH3 is 2. The zero-order chi connectivity index (χ0) is 25.1. The van der Waals surface area contributed by atoms with E-state index in [4.69, 9.17) is 14.2 Å². The molecule has 4 rings (SSSR count). The minimum atomic E-state index is -0.658. The van der Waals surface area contributed by atoms with Crippen LogP contribution in [0.3, 0.4) is 0 Å². The van der Waals surface area contributed by atoms with Gasteiger partial charge in [0.1, 0.15) is 5.00 Å². The Morgan fingerprint density at radius 2 is 1.86 bits per heavy atom. The molecule has 2 heterocycles. The summed E-state index contributed by atoms with van der Waals surface area (Å²) < 4.78 is 16.8. The smallest absolute Gasteiger partial charge is 0.359 e. The number of aryl methyl sites for hydroxylation is 1. The Bertz CT molecular complexity index is 1490. The quantitative estimate of drug-likeness (QED) is 0.384. The summed E-state index contributed by atoms with van der Waals surface area (Å²) in [6.07, 6.45) is 0. The Balaban J connectivity index is 1.84. The normalized spacial score (nSPS) is 10.7. The van der Waals surface area contributed by atoms with Gasteiger partial charge < -0.3 is 19.5 Å². The fourth-order valence-electron chi connectivity index (χ4n) is 3.58. The lowest BCUT2D eigenvalue weighted by Gasteiger charge is -2.11. The molecule has 0 radical (unpaired) electrons. The van der Waals surface area contributed by atoms with Gasteiger partial charge in [0.15, 0.2) is 17.2 Å². The Kier molecular flexibility index (Phi) is 6.83. The van der Waals surface area contributed by atoms with Gasteiger partial charge in [0.25, 0.3) is 11.5 Å². The Morgan fingerprint density at radius 3 is 2.54 bits per heavy atom. The van der Waals surface area contributed by atoms with Crippen LogP contribution in [0.5, 0.6) is 11.5 Å². The molecule has 1 N–H and O–H groups in total. The minimum Gasteiger partial charge on any atom is -0.493 e. The number of aromatic nitrogens is 2. The van der Waals surface area contributed by atoms with Crippen LogP contribution >= 0.6 is 11.3 Å². The second kappa shape index (κ2) is 9.98. The molecule has 0 saturated heterocycles. The van der Waals surface area contributed by atoms with E-state index in [1.807, 2.05) is 13.0 Å². The van der Waals surface area contributed by atoms with Gasteiger partial charge in [-0.05, 0) is 49.7 Å². The fourth-order valence-corrected chi connectivity index (χ4v) is 4.51. The molecule has 0 aliphatic rings. The molecular weight excluding hydrogens is 470 g/mol. The van der Waals surface area contributed by atoms with Gasteiger partial charge in [0.2, 0.25) is 0 Å². The maximum Gasteiger partial charge on any atom is 0.359 e. The van der Waals surface area contributed by atoms with E-state index in [-0.39, 0.29) is 17.7 Å². The van der Waals surface area contributed by atoms with Crippen molar-refractivity contribution >= 4 is 39.0 Å². The number of carbonyl (C=O) groups is 2. The maximum absolute atomic E-state index is 13.5. The summed E-state index contributed by atoms with van der Waals surface area (Å²) in [5.41, 5.74) is 1.24. The minimum absolute atomic E-state index is 0.00850. The highest BCUT2D eigenvalue weighted by molar-refractivity contribution is 7.16. The number of benzene rings is 2. The van der Waals surface area contributed by atoms with Gasteiger partial charge in [0, 0.05) is 16.3 Å². The van der Waals surface area contributed by atoms with Crippen molar-refractivity contribution in [3.63, 3.8) is 0 Å². The van der Waals surface area contributed by atoms with E-state index in [0.29, 0.717) is 33.1 Å². The molecule has 35 heavy (non-hydrogen) atoms. The van der Waals surface area contributed by atoms with Crippen LogP contribution in [-0.4, -0.2) is 42.5 Å². The first-order chi connectivity index (χ1) is 16.9. The van der Waals surface area contributed by atoms with Gasteiger partial charge in [-0.15, -0.1) is 11.3 Å². The molecule has 4 aromatic rings. The monoisotopic (exact) mass is 493 g/mol. The lowest BCUT2D eigenvalue weighted by molar-refractivity contribution is 0.0520. The predicted octanol–water partition coefficient (Wildman–Crippen LogP) is 4.20. The number of hydrogen-bond acceptors (Lipinski definition) is 8. The first-order valence-corrected chi connectivity index (χ1v) is 11.6. The Morgan fingerprint density at radius 1 is 1.09 bits per heavy atom. The summed E-state index contributed by atoms with van der Waals surface area (Å²) in [4.78, 5) is 39.3. The summed E-state index contributed by atoms with van der Waals surface area (Å²) in [6.45, 7) is 3.73. The number of carbonyl (C=O) groups excluding carboxylic acids is 2. The summed E-state index contributed by atoms with van der Waals surface area (Å²) in [5.74, 6) is -0.233. The molecular formula is C25H23N3O6S. The van der Waals surface area contributed by atoms with Crippen molar-refractivity contribution in [1.29, 1.82) is 0 Å². The second-order valence-electron chi connectivity index (χ2n) is 7.50. The van der Waals surface area contributed by atoms with E-state index in [9.17, 15) is 14.4 Å². The fraction of sp³-hybridized carbons (Fsp3) is 0.200. The number of fused-ring (bicyclic) bond motifs is 1. The van der Waals surface area contributed by atoms with Crippen LogP contribution in [0.4, 0.5) is 5.00 Å². The Hall–Kier alpha value is -4.18. The number of ether oxygens (including phenoxy) is 3. The Labute approximate surface area is 204 Å². The molecule has 0 atom stereocenters. The molecule has 0 unspecified atom stereocenters. The molecule has 0 aliphatic carbocycles. The molecule has 0 aliphatic heterocycles. The summed E-state index contributed by atoms with van der Waals surface area (Å²) in [6, 6.07) is 11.9. The molecule has 1 amide bonds. The standard InChI is InChI=1S/C25H23N3O6S/c1-5-34-25(31)21-17-13-35-23(26-22(29)15-9-10-18(32-3)19(12-15)33-4)20(17)24(30)28(27-21)16-8-6-7-14(2)11-16/h6-13H,5H2,1-4H3,(H,26,29). The van der Waals surface area contributed by atoms with Crippen LogP contribution in [0, 0.1) is 6.92 Å². The van der Waals surface area contributed by atoms with Crippen molar-refractivity contribution in [3.05, 3.63) is 75.0 Å². The number of esters is 1. The van der Waals surface area contributed by atoms with Crippen LogP contribution in [0.25, 0.3) is 16.5 Å². The molecule has 0 spiro atoms. The highest BCUT2D eigenvalue weighted by Crippen LogP contribution is 2.32. The number of nitrogens with one attached hydrogen (secondary N) is 1. The number of anilines is 1. The third kappa shape index (κ3) is 4.60. The molecule has 0 saturated carbocycles. The van der Waals surface area contributed by atoms with Crippen molar-refractivity contribution in [2.45, 2.75) is 13.8 Å². The SMILES string of the molecule is CCOC(=O)c1nn(-c2cccc(C)c2)c(=O)c2c(NC(=O)c3ccc(OC)c(OC)c3)scc12. The number of hydrogen-bond donors (Lipinski definition) is 1. The van der Waals surface area contributed by atoms with Crippen LogP contribution in [-0.2, 0) is 4.74 Å². The van der Waals surface area contributed by atoms with E-state index in [1.54, 1.807) is 48.7 Å². The molecule has 180 valence electrons. The first-order valence-electron chi connectivity index (χ1n) is 10.7. The van der Waals surface area contributed by atoms with Crippen molar-refractivity contribution in [1.82, 2.24) is 9.78 Å². The number of thiophene rings is 1. The molecule has 10 heteroatoms. The third-order valence-electron chi connectivity index (χ3n) is 5.24. The molecule has 2 aromatic carbocycles. The van der Waals surface area contributed by atoms with Crippen LogP contribution in [0.1, 0.15) is 33.3 Å². The second-order valence-corrected chi connectivity index (χ2v) is 8.38. The van der Waals surface area contributed by atoms with Crippen LogP contribution < -0.4 is 20.3 Å². The lowest BCUT2D eigenvalue weighted by Crippen LogP contribution is -2.25. The lowest BCUT2D eigenvalue weighted by atomic mass is 10.1. The van der Waals surface area contributed by atoms with E-state index < -0.39 is 17.4 Å². The van der Waals surface area contributed by atoms with Crippen molar-refractivity contribution in [3.8, 4) is 17.2 Å². The average Bonchev–Trinajstić information content (AvgIpc) is 3.27. The molecule has 0 bridgehead atoms. The zero-order valence-corrected chi connectivity index (χ0v) is 20.4.